The van der Waals surface area contributed by atoms with E-state index in [0.717, 1.165) is 18.7 Å². The number of benzene rings is 1. The molecule has 7 nitrogen and oxygen atoms in total. The standard InChI is InChI=1S/C17H22N2O.C4H4O4/c1-10(18)9-19-12(3)11(2)15-7-13-5-6-14(20-4)8-16(13)17(15)19;5-3(6)1-2-4(7)8/h5-6,8,10H,7,9,18H2,1-4H3;1-2H,(H,5,6)(H,7,8)/b;2-1+/t10-;/m0./s1. The van der Waals surface area contributed by atoms with Crippen LogP contribution in [0.15, 0.2) is 30.4 Å². The fraction of sp³-hybridized carbons (Fsp3) is 0.333. The predicted octanol–water partition coefficient (Wildman–Crippen LogP) is 2.74. The number of aromatic nitrogens is 1. The zero-order valence-corrected chi connectivity index (χ0v) is 16.5. The van der Waals surface area contributed by atoms with Gasteiger partial charge >= 0.3 is 11.9 Å². The third kappa shape index (κ3) is 4.61. The van der Waals surface area contributed by atoms with Gasteiger partial charge < -0.3 is 25.3 Å². The van der Waals surface area contributed by atoms with E-state index in [1.54, 1.807) is 7.11 Å². The minimum Gasteiger partial charge on any atom is -0.497 e. The van der Waals surface area contributed by atoms with Crippen molar-refractivity contribution in [3.05, 3.63) is 52.7 Å². The van der Waals surface area contributed by atoms with E-state index in [-0.39, 0.29) is 6.04 Å². The van der Waals surface area contributed by atoms with Gasteiger partial charge in [-0.2, -0.15) is 0 Å². The highest BCUT2D eigenvalue weighted by Crippen LogP contribution is 2.42. The van der Waals surface area contributed by atoms with Crippen LogP contribution in [0.1, 0.15) is 29.3 Å². The molecule has 150 valence electrons. The van der Waals surface area contributed by atoms with Gasteiger partial charge in [0.25, 0.3) is 0 Å². The van der Waals surface area contributed by atoms with Gasteiger partial charge in [0.1, 0.15) is 5.75 Å². The van der Waals surface area contributed by atoms with Crippen LogP contribution in [0.3, 0.4) is 0 Å². The summed E-state index contributed by atoms with van der Waals surface area (Å²) in [6, 6.07) is 6.53. The summed E-state index contributed by atoms with van der Waals surface area (Å²) in [4.78, 5) is 19.1. The first kappa shape index (κ1) is 21.2. The molecule has 0 saturated heterocycles. The van der Waals surface area contributed by atoms with E-state index in [0.29, 0.717) is 12.2 Å². The number of carbonyl (C=O) groups is 2. The van der Waals surface area contributed by atoms with Gasteiger partial charge in [-0.1, -0.05) is 6.07 Å². The van der Waals surface area contributed by atoms with Crippen LogP contribution in [-0.2, 0) is 22.6 Å². The van der Waals surface area contributed by atoms with Crippen molar-refractivity contribution in [2.24, 2.45) is 5.73 Å². The summed E-state index contributed by atoms with van der Waals surface area (Å²) in [6.07, 6.45) is 2.14. The normalized spacial score (nSPS) is 12.8. The Balaban J connectivity index is 0.000000300. The number of carboxylic acid groups (broad SMARTS) is 2. The average molecular weight is 386 g/mol. The lowest BCUT2D eigenvalue weighted by Gasteiger charge is -2.15. The van der Waals surface area contributed by atoms with Gasteiger partial charge in [0.2, 0.25) is 0 Å². The molecule has 1 atom stereocenters. The molecule has 0 spiro atoms. The first-order chi connectivity index (χ1) is 13.1. The first-order valence-corrected chi connectivity index (χ1v) is 8.91. The second-order valence-corrected chi connectivity index (χ2v) is 6.84. The van der Waals surface area contributed by atoms with Gasteiger partial charge in [-0.3, -0.25) is 0 Å². The van der Waals surface area contributed by atoms with Gasteiger partial charge in [0, 0.05) is 42.4 Å². The number of fused-ring (bicyclic) bond motifs is 3. The van der Waals surface area contributed by atoms with Crippen LogP contribution < -0.4 is 10.5 Å². The highest BCUT2D eigenvalue weighted by molar-refractivity contribution is 5.89. The topological polar surface area (TPSA) is 115 Å². The summed E-state index contributed by atoms with van der Waals surface area (Å²) in [5.74, 6) is -1.60. The van der Waals surface area contributed by atoms with Gasteiger partial charge in [0.05, 0.1) is 12.8 Å². The van der Waals surface area contributed by atoms with Crippen molar-refractivity contribution in [1.29, 1.82) is 0 Å². The van der Waals surface area contributed by atoms with E-state index < -0.39 is 11.9 Å². The van der Waals surface area contributed by atoms with Crippen molar-refractivity contribution >= 4 is 11.9 Å². The lowest BCUT2D eigenvalue weighted by Crippen LogP contribution is -2.23. The van der Waals surface area contributed by atoms with Gasteiger partial charge in [0.15, 0.2) is 0 Å². The summed E-state index contributed by atoms with van der Waals surface area (Å²) >= 11 is 0. The second-order valence-electron chi connectivity index (χ2n) is 6.84. The molecular weight excluding hydrogens is 360 g/mol. The maximum Gasteiger partial charge on any atom is 0.328 e. The zero-order valence-electron chi connectivity index (χ0n) is 16.5. The number of aliphatic carboxylic acids is 2. The number of hydrogen-bond acceptors (Lipinski definition) is 4. The third-order valence-corrected chi connectivity index (χ3v) is 4.73. The number of hydrogen-bond donors (Lipinski definition) is 3. The SMILES string of the molecule is COc1ccc2c(c1)-c1c(c(C)c(C)n1C[C@H](C)N)C2.O=C(O)/C=C/C(=O)O. The van der Waals surface area contributed by atoms with Crippen LogP contribution >= 0.6 is 0 Å². The van der Waals surface area contributed by atoms with E-state index >= 15 is 0 Å². The molecule has 1 aliphatic rings. The summed E-state index contributed by atoms with van der Waals surface area (Å²) in [7, 11) is 1.72. The first-order valence-electron chi connectivity index (χ1n) is 8.91. The molecule has 0 bridgehead atoms. The molecule has 0 amide bonds. The van der Waals surface area contributed by atoms with Crippen molar-refractivity contribution in [3.63, 3.8) is 0 Å². The molecule has 3 rings (SSSR count). The lowest BCUT2D eigenvalue weighted by atomic mass is 10.1. The minimum absolute atomic E-state index is 0.152. The highest BCUT2D eigenvalue weighted by Gasteiger charge is 2.27. The fourth-order valence-electron chi connectivity index (χ4n) is 3.36. The molecule has 0 aliphatic heterocycles. The molecule has 1 aromatic carbocycles. The molecule has 1 heterocycles. The molecule has 2 aromatic rings. The molecule has 4 N–H and O–H groups in total. The maximum atomic E-state index is 9.55. The van der Waals surface area contributed by atoms with Crippen LogP contribution in [0, 0.1) is 13.8 Å². The highest BCUT2D eigenvalue weighted by atomic mass is 16.5. The van der Waals surface area contributed by atoms with Crippen molar-refractivity contribution < 1.29 is 24.5 Å². The number of nitrogens with zero attached hydrogens (tertiary/aromatic N) is 1. The molecule has 1 aliphatic carbocycles. The van der Waals surface area contributed by atoms with Crippen LogP contribution in [-0.4, -0.2) is 39.9 Å². The van der Waals surface area contributed by atoms with Crippen LogP contribution in [0.2, 0.25) is 0 Å². The van der Waals surface area contributed by atoms with Gasteiger partial charge in [-0.15, -0.1) is 0 Å². The van der Waals surface area contributed by atoms with Crippen molar-refractivity contribution in [2.75, 3.05) is 7.11 Å². The number of rotatable bonds is 5. The smallest absolute Gasteiger partial charge is 0.328 e. The van der Waals surface area contributed by atoms with Gasteiger partial charge in [-0.25, -0.2) is 9.59 Å². The van der Waals surface area contributed by atoms with Crippen molar-refractivity contribution in [2.45, 2.75) is 39.8 Å². The Hall–Kier alpha value is -3.06. The van der Waals surface area contributed by atoms with E-state index in [9.17, 15) is 9.59 Å². The van der Waals surface area contributed by atoms with Crippen LogP contribution in [0.25, 0.3) is 11.3 Å². The fourth-order valence-corrected chi connectivity index (χ4v) is 3.36. The van der Waals surface area contributed by atoms with Crippen molar-refractivity contribution in [3.8, 4) is 17.0 Å². The minimum atomic E-state index is -1.26. The van der Waals surface area contributed by atoms with E-state index in [1.807, 2.05) is 6.07 Å². The molecule has 0 unspecified atom stereocenters. The second kappa shape index (κ2) is 8.75. The maximum absolute atomic E-state index is 9.55. The molecule has 7 heteroatoms. The number of methoxy groups -OCH3 is 1. The van der Waals surface area contributed by atoms with Gasteiger partial charge in [-0.05, 0) is 49.6 Å². The number of carboxylic acids is 2. The molecule has 28 heavy (non-hydrogen) atoms. The van der Waals surface area contributed by atoms with Crippen molar-refractivity contribution in [1.82, 2.24) is 4.57 Å². The zero-order chi connectivity index (χ0) is 21.0. The summed E-state index contributed by atoms with van der Waals surface area (Å²) < 4.78 is 7.75. The molecule has 0 saturated carbocycles. The Labute approximate surface area is 164 Å². The third-order valence-electron chi connectivity index (χ3n) is 4.73. The largest absolute Gasteiger partial charge is 0.497 e. The van der Waals surface area contributed by atoms with Crippen LogP contribution in [0.4, 0.5) is 0 Å². The quantitative estimate of drug-likeness (QED) is 0.581. The Bertz CT molecular complexity index is 909. The lowest BCUT2D eigenvalue weighted by molar-refractivity contribution is -0.134. The average Bonchev–Trinajstić information content (AvgIpc) is 3.11. The Kier molecular flexibility index (Phi) is 6.64. The Morgan fingerprint density at radius 1 is 1.25 bits per heavy atom. The predicted molar refractivity (Wildman–Crippen MR) is 107 cm³/mol. The van der Waals surface area contributed by atoms with E-state index in [4.69, 9.17) is 20.7 Å². The van der Waals surface area contributed by atoms with E-state index in [1.165, 1.54) is 33.6 Å². The molecular formula is C21H26N2O5. The molecule has 0 fully saturated rings. The van der Waals surface area contributed by atoms with E-state index in [2.05, 4.69) is 37.5 Å². The summed E-state index contributed by atoms with van der Waals surface area (Å²) in [5.41, 5.74) is 14.2. The number of ether oxygens (including phenoxy) is 1. The Morgan fingerprint density at radius 2 is 1.86 bits per heavy atom. The number of nitrogens with two attached hydrogens (primary N) is 1. The molecule has 1 aromatic heterocycles. The van der Waals surface area contributed by atoms with Crippen LogP contribution in [0.5, 0.6) is 5.75 Å². The Morgan fingerprint density at radius 3 is 2.36 bits per heavy atom. The molecule has 0 radical (unpaired) electrons. The monoisotopic (exact) mass is 386 g/mol. The summed E-state index contributed by atoms with van der Waals surface area (Å²) in [5, 5.41) is 15.6. The summed E-state index contributed by atoms with van der Waals surface area (Å²) in [6.45, 7) is 7.33.